The Morgan fingerprint density at radius 3 is 2.38 bits per heavy atom. The number of hydrogen-bond acceptors (Lipinski definition) is 3. The fourth-order valence-corrected chi connectivity index (χ4v) is 2.34. The summed E-state index contributed by atoms with van der Waals surface area (Å²) >= 11 is 0. The van der Waals surface area contributed by atoms with Gasteiger partial charge in [0.2, 0.25) is 5.91 Å². The molecule has 2 N–H and O–H groups in total. The van der Waals surface area contributed by atoms with Crippen molar-refractivity contribution in [2.45, 2.75) is 32.6 Å². The molecule has 0 aliphatic rings. The van der Waals surface area contributed by atoms with Crippen LogP contribution in [-0.4, -0.2) is 24.6 Å². The summed E-state index contributed by atoms with van der Waals surface area (Å²) in [7, 11) is 0. The monoisotopic (exact) mass is 351 g/mol. The smallest absolute Gasteiger partial charge is 0.251 e. The number of benzene rings is 2. The normalized spacial score (nSPS) is 10.9. The van der Waals surface area contributed by atoms with Gasteiger partial charge in [-0.3, -0.25) is 9.59 Å². The molecule has 0 unspecified atom stereocenters. The zero-order chi connectivity index (χ0) is 18.8. The molecule has 0 saturated heterocycles. The number of hydrazone groups is 1. The van der Waals surface area contributed by atoms with E-state index in [4.69, 9.17) is 0 Å². The molecule has 136 valence electrons. The summed E-state index contributed by atoms with van der Waals surface area (Å²) in [6.45, 7) is 4.73. The van der Waals surface area contributed by atoms with E-state index in [2.05, 4.69) is 41.8 Å². The van der Waals surface area contributed by atoms with Crippen molar-refractivity contribution < 1.29 is 9.59 Å². The first-order chi connectivity index (χ1) is 12.6. The average Bonchev–Trinajstić information content (AvgIpc) is 2.66. The van der Waals surface area contributed by atoms with Crippen LogP contribution in [0.25, 0.3) is 0 Å². The number of carbonyl (C=O) groups is 2. The van der Waals surface area contributed by atoms with Gasteiger partial charge in [0.05, 0.1) is 6.21 Å². The Morgan fingerprint density at radius 2 is 1.73 bits per heavy atom. The third kappa shape index (κ3) is 6.51. The predicted molar refractivity (Wildman–Crippen MR) is 104 cm³/mol. The predicted octanol–water partition coefficient (Wildman–Crippen LogP) is 3.47. The zero-order valence-electron chi connectivity index (χ0n) is 15.2. The Kier molecular flexibility index (Phi) is 7.55. The summed E-state index contributed by atoms with van der Waals surface area (Å²) in [6.07, 6.45) is 2.49. The van der Waals surface area contributed by atoms with Gasteiger partial charge in [0, 0.05) is 18.5 Å². The highest BCUT2D eigenvalue weighted by Crippen LogP contribution is 2.13. The van der Waals surface area contributed by atoms with E-state index in [0.29, 0.717) is 30.9 Å². The van der Waals surface area contributed by atoms with Crippen molar-refractivity contribution >= 4 is 18.0 Å². The van der Waals surface area contributed by atoms with Crippen LogP contribution in [0.1, 0.15) is 54.1 Å². The van der Waals surface area contributed by atoms with E-state index in [1.54, 1.807) is 18.3 Å². The van der Waals surface area contributed by atoms with E-state index >= 15 is 0 Å². The molecule has 0 aliphatic carbocycles. The molecule has 2 amide bonds. The molecule has 0 bridgehead atoms. The van der Waals surface area contributed by atoms with Crippen molar-refractivity contribution in [3.63, 3.8) is 0 Å². The standard InChI is InChI=1S/C21H25N3O2/c1-16(2)18-12-10-17(11-13-18)15-23-24-20(25)9-6-14-22-21(26)19-7-4-3-5-8-19/h3-5,7-8,10-13,15-16H,6,9,14H2,1-2H3,(H,22,26)(H,24,25)/b23-15+. The molecule has 0 fully saturated rings. The second-order valence-corrected chi connectivity index (χ2v) is 6.34. The highest BCUT2D eigenvalue weighted by molar-refractivity contribution is 5.94. The van der Waals surface area contributed by atoms with Crippen molar-refractivity contribution in [1.29, 1.82) is 0 Å². The number of carbonyl (C=O) groups excluding carboxylic acids is 2. The summed E-state index contributed by atoms with van der Waals surface area (Å²) in [5.41, 5.74) is 5.32. The summed E-state index contributed by atoms with van der Waals surface area (Å²) in [6, 6.07) is 17.1. The van der Waals surface area contributed by atoms with Gasteiger partial charge in [0.1, 0.15) is 0 Å². The lowest BCUT2D eigenvalue weighted by Gasteiger charge is -2.05. The Hall–Kier alpha value is -2.95. The first-order valence-corrected chi connectivity index (χ1v) is 8.81. The van der Waals surface area contributed by atoms with Crippen LogP contribution in [0, 0.1) is 0 Å². The topological polar surface area (TPSA) is 70.6 Å². The van der Waals surface area contributed by atoms with Gasteiger partial charge >= 0.3 is 0 Å². The fourth-order valence-electron chi connectivity index (χ4n) is 2.34. The van der Waals surface area contributed by atoms with Gasteiger partial charge in [-0.15, -0.1) is 0 Å². The maximum Gasteiger partial charge on any atom is 0.251 e. The van der Waals surface area contributed by atoms with Crippen molar-refractivity contribution in [2.75, 3.05) is 6.54 Å². The average molecular weight is 351 g/mol. The Balaban J connectivity index is 1.65. The van der Waals surface area contributed by atoms with Crippen molar-refractivity contribution in [1.82, 2.24) is 10.7 Å². The Bertz CT molecular complexity index is 738. The maximum atomic E-state index is 11.8. The maximum absolute atomic E-state index is 11.8. The fraction of sp³-hybridized carbons (Fsp3) is 0.286. The molecule has 2 aromatic carbocycles. The second kappa shape index (κ2) is 10.1. The Labute approximate surface area is 154 Å². The van der Waals surface area contributed by atoms with Gasteiger partial charge in [-0.25, -0.2) is 5.43 Å². The van der Waals surface area contributed by atoms with Crippen LogP contribution in [0.4, 0.5) is 0 Å². The summed E-state index contributed by atoms with van der Waals surface area (Å²) in [5, 5.41) is 6.76. The molecule has 0 radical (unpaired) electrons. The summed E-state index contributed by atoms with van der Waals surface area (Å²) in [5.74, 6) is 0.186. The van der Waals surface area contributed by atoms with Crippen LogP contribution < -0.4 is 10.7 Å². The Morgan fingerprint density at radius 1 is 1.04 bits per heavy atom. The van der Waals surface area contributed by atoms with E-state index < -0.39 is 0 Å². The number of hydrogen-bond donors (Lipinski definition) is 2. The van der Waals surface area contributed by atoms with Gasteiger partial charge in [-0.05, 0) is 35.6 Å². The van der Waals surface area contributed by atoms with Gasteiger partial charge in [-0.1, -0.05) is 56.3 Å². The number of amides is 2. The van der Waals surface area contributed by atoms with E-state index in [-0.39, 0.29) is 11.8 Å². The van der Waals surface area contributed by atoms with E-state index in [9.17, 15) is 9.59 Å². The number of nitrogens with one attached hydrogen (secondary N) is 2. The van der Waals surface area contributed by atoms with E-state index in [1.807, 2.05) is 30.3 Å². The van der Waals surface area contributed by atoms with Crippen LogP contribution >= 0.6 is 0 Å². The molecule has 0 heterocycles. The van der Waals surface area contributed by atoms with Gasteiger partial charge in [0.15, 0.2) is 0 Å². The second-order valence-electron chi connectivity index (χ2n) is 6.34. The molecule has 2 aromatic rings. The van der Waals surface area contributed by atoms with Crippen molar-refractivity contribution in [3.8, 4) is 0 Å². The molecule has 0 saturated carbocycles. The lowest BCUT2D eigenvalue weighted by molar-refractivity contribution is -0.121. The molecule has 0 aliphatic heterocycles. The SMILES string of the molecule is CC(C)c1ccc(/C=N/NC(=O)CCCNC(=O)c2ccccc2)cc1. The van der Waals surface area contributed by atoms with Crippen LogP contribution in [-0.2, 0) is 4.79 Å². The third-order valence-electron chi connectivity index (χ3n) is 3.91. The largest absolute Gasteiger partial charge is 0.352 e. The van der Waals surface area contributed by atoms with E-state index in [1.165, 1.54) is 5.56 Å². The highest BCUT2D eigenvalue weighted by atomic mass is 16.2. The lowest BCUT2D eigenvalue weighted by Crippen LogP contribution is -2.26. The zero-order valence-corrected chi connectivity index (χ0v) is 15.2. The molecule has 0 aromatic heterocycles. The third-order valence-corrected chi connectivity index (χ3v) is 3.91. The first-order valence-electron chi connectivity index (χ1n) is 8.81. The van der Waals surface area contributed by atoms with Crippen molar-refractivity contribution in [3.05, 3.63) is 71.3 Å². The summed E-state index contributed by atoms with van der Waals surface area (Å²) in [4.78, 5) is 23.6. The van der Waals surface area contributed by atoms with Crippen LogP contribution in [0.15, 0.2) is 59.7 Å². The molecular weight excluding hydrogens is 326 g/mol. The minimum Gasteiger partial charge on any atom is -0.352 e. The lowest BCUT2D eigenvalue weighted by atomic mass is 10.0. The minimum absolute atomic E-state index is 0.131. The van der Waals surface area contributed by atoms with Crippen LogP contribution in [0.5, 0.6) is 0 Å². The first kappa shape index (κ1) is 19.4. The molecular formula is C21H25N3O2. The molecule has 5 nitrogen and oxygen atoms in total. The molecule has 0 spiro atoms. The molecule has 2 rings (SSSR count). The van der Waals surface area contributed by atoms with E-state index in [0.717, 1.165) is 5.56 Å². The molecule has 26 heavy (non-hydrogen) atoms. The van der Waals surface area contributed by atoms with Gasteiger partial charge in [-0.2, -0.15) is 5.10 Å². The number of nitrogens with zero attached hydrogens (tertiary/aromatic N) is 1. The quantitative estimate of drug-likeness (QED) is 0.434. The minimum atomic E-state index is -0.172. The molecule has 0 atom stereocenters. The highest BCUT2D eigenvalue weighted by Gasteiger charge is 2.04. The molecule has 5 heteroatoms. The number of rotatable bonds is 8. The summed E-state index contributed by atoms with van der Waals surface area (Å²) < 4.78 is 0. The van der Waals surface area contributed by atoms with Gasteiger partial charge in [0.25, 0.3) is 5.91 Å². The van der Waals surface area contributed by atoms with Crippen molar-refractivity contribution in [2.24, 2.45) is 5.10 Å². The van der Waals surface area contributed by atoms with Gasteiger partial charge < -0.3 is 5.32 Å². The van der Waals surface area contributed by atoms with Crippen LogP contribution in [0.3, 0.4) is 0 Å². The van der Waals surface area contributed by atoms with Crippen LogP contribution in [0.2, 0.25) is 0 Å².